The molecule has 1 rings (SSSR count). The van der Waals surface area contributed by atoms with Crippen LogP contribution < -0.4 is 5.73 Å². The van der Waals surface area contributed by atoms with Crippen molar-refractivity contribution >= 4 is 5.91 Å². The third-order valence-corrected chi connectivity index (χ3v) is 3.99. The zero-order valence-electron chi connectivity index (χ0n) is 10.5. The highest BCUT2D eigenvalue weighted by atomic mass is 16.1. The predicted octanol–water partition coefficient (Wildman–Crippen LogP) is 3.27. The molecule has 0 aliphatic heterocycles. The summed E-state index contributed by atoms with van der Waals surface area (Å²) in [7, 11) is 0. The van der Waals surface area contributed by atoms with Crippen LogP contribution in [0.2, 0.25) is 0 Å². The lowest BCUT2D eigenvalue weighted by atomic mass is 9.76. The van der Waals surface area contributed by atoms with Gasteiger partial charge in [-0.25, -0.2) is 0 Å². The molecular weight excluding hydrogens is 198 g/mol. The Bertz CT molecular complexity index is 229. The van der Waals surface area contributed by atoms with Gasteiger partial charge in [0.25, 0.3) is 0 Å². The van der Waals surface area contributed by atoms with E-state index >= 15 is 0 Å². The minimum Gasteiger partial charge on any atom is -0.369 e. The van der Waals surface area contributed by atoms with Gasteiger partial charge in [-0.05, 0) is 31.1 Å². The molecule has 2 nitrogen and oxygen atoms in total. The summed E-state index contributed by atoms with van der Waals surface area (Å²) in [6, 6.07) is 0. The van der Waals surface area contributed by atoms with Gasteiger partial charge in [-0.1, -0.05) is 38.7 Å². The Morgan fingerprint density at radius 2 is 1.94 bits per heavy atom. The average molecular weight is 223 g/mol. The van der Waals surface area contributed by atoms with Crippen molar-refractivity contribution in [1.82, 2.24) is 0 Å². The molecule has 0 aromatic heterocycles. The smallest absolute Gasteiger partial charge is 0.221 e. The molecule has 2 atom stereocenters. The molecule has 2 heteroatoms. The maximum Gasteiger partial charge on any atom is 0.221 e. The molecule has 1 saturated carbocycles. The van der Waals surface area contributed by atoms with Crippen LogP contribution >= 0.6 is 0 Å². The van der Waals surface area contributed by atoms with Crippen molar-refractivity contribution in [3.05, 3.63) is 12.7 Å². The molecular formula is C14H25NO. The Kier molecular flexibility index (Phi) is 5.58. The molecule has 1 amide bonds. The maximum absolute atomic E-state index is 11.4. The van der Waals surface area contributed by atoms with Gasteiger partial charge in [-0.15, -0.1) is 6.58 Å². The van der Waals surface area contributed by atoms with Crippen LogP contribution in [0.15, 0.2) is 12.7 Å². The van der Waals surface area contributed by atoms with Gasteiger partial charge in [-0.3, -0.25) is 4.79 Å². The van der Waals surface area contributed by atoms with E-state index in [9.17, 15) is 4.79 Å². The van der Waals surface area contributed by atoms with Crippen molar-refractivity contribution in [2.75, 3.05) is 0 Å². The molecule has 2 unspecified atom stereocenters. The van der Waals surface area contributed by atoms with E-state index < -0.39 is 0 Å². The number of amides is 1. The average Bonchev–Trinajstić information content (AvgIpc) is 2.53. The second kappa shape index (κ2) is 6.72. The number of hydrogen-bond acceptors (Lipinski definition) is 1. The van der Waals surface area contributed by atoms with Gasteiger partial charge in [0.15, 0.2) is 0 Å². The van der Waals surface area contributed by atoms with Gasteiger partial charge in [0, 0.05) is 5.92 Å². The number of rotatable bonds is 5. The first-order valence-corrected chi connectivity index (χ1v) is 6.62. The first-order chi connectivity index (χ1) is 7.70. The number of carbonyl (C=O) groups excluding carboxylic acids is 1. The van der Waals surface area contributed by atoms with Crippen LogP contribution in [0, 0.1) is 17.8 Å². The Hall–Kier alpha value is -0.790. The Morgan fingerprint density at radius 3 is 2.31 bits per heavy atom. The molecule has 0 aromatic carbocycles. The zero-order chi connectivity index (χ0) is 12.0. The number of carbonyl (C=O) groups is 1. The van der Waals surface area contributed by atoms with E-state index in [1.165, 1.54) is 38.5 Å². The quantitative estimate of drug-likeness (QED) is 0.564. The molecule has 92 valence electrons. The summed E-state index contributed by atoms with van der Waals surface area (Å²) in [6.45, 7) is 5.95. The molecule has 0 bridgehead atoms. The Labute approximate surface area is 99.3 Å². The van der Waals surface area contributed by atoms with Gasteiger partial charge in [0.2, 0.25) is 5.91 Å². The Balaban J connectivity index is 2.69. The van der Waals surface area contributed by atoms with Crippen molar-refractivity contribution in [3.8, 4) is 0 Å². The summed E-state index contributed by atoms with van der Waals surface area (Å²) in [5.74, 6) is 0.746. The van der Waals surface area contributed by atoms with Gasteiger partial charge in [0.1, 0.15) is 0 Å². The van der Waals surface area contributed by atoms with Crippen molar-refractivity contribution in [2.24, 2.45) is 23.5 Å². The molecule has 1 fully saturated rings. The number of hydrogen-bond donors (Lipinski definition) is 1. The van der Waals surface area contributed by atoms with E-state index in [4.69, 9.17) is 5.73 Å². The molecule has 0 heterocycles. The maximum atomic E-state index is 11.4. The lowest BCUT2D eigenvalue weighted by Crippen LogP contribution is -2.32. The normalized spacial score (nSPS) is 22.1. The first-order valence-electron chi connectivity index (χ1n) is 6.62. The van der Waals surface area contributed by atoms with E-state index in [1.54, 1.807) is 0 Å². The van der Waals surface area contributed by atoms with Gasteiger partial charge >= 0.3 is 0 Å². The lowest BCUT2D eigenvalue weighted by Gasteiger charge is -2.28. The second-order valence-corrected chi connectivity index (χ2v) is 4.98. The summed E-state index contributed by atoms with van der Waals surface area (Å²) in [5, 5.41) is 0. The molecule has 1 aliphatic carbocycles. The van der Waals surface area contributed by atoms with Gasteiger partial charge in [0.05, 0.1) is 0 Å². The van der Waals surface area contributed by atoms with Gasteiger partial charge in [-0.2, -0.15) is 0 Å². The van der Waals surface area contributed by atoms with E-state index in [0.717, 1.165) is 6.42 Å². The second-order valence-electron chi connectivity index (χ2n) is 4.98. The third-order valence-electron chi connectivity index (χ3n) is 3.99. The summed E-state index contributed by atoms with van der Waals surface area (Å²) in [5.41, 5.74) is 5.48. The first kappa shape index (κ1) is 13.3. The van der Waals surface area contributed by atoms with Crippen molar-refractivity contribution in [1.29, 1.82) is 0 Å². The summed E-state index contributed by atoms with van der Waals surface area (Å²) in [4.78, 5) is 11.4. The lowest BCUT2D eigenvalue weighted by molar-refractivity contribution is -0.123. The monoisotopic (exact) mass is 223 g/mol. The van der Waals surface area contributed by atoms with Crippen LogP contribution in [0.1, 0.15) is 51.9 Å². The fourth-order valence-electron chi connectivity index (χ4n) is 3.04. The van der Waals surface area contributed by atoms with Crippen molar-refractivity contribution in [2.45, 2.75) is 51.9 Å². The van der Waals surface area contributed by atoms with Crippen LogP contribution in [0.25, 0.3) is 0 Å². The predicted molar refractivity (Wildman–Crippen MR) is 67.9 cm³/mol. The highest BCUT2D eigenvalue weighted by Gasteiger charge is 2.29. The molecule has 0 saturated heterocycles. The van der Waals surface area contributed by atoms with Crippen LogP contribution in [-0.4, -0.2) is 5.91 Å². The number of primary amides is 1. The summed E-state index contributed by atoms with van der Waals surface area (Å²) < 4.78 is 0. The highest BCUT2D eigenvalue weighted by molar-refractivity contribution is 5.77. The van der Waals surface area contributed by atoms with Crippen LogP contribution in [-0.2, 0) is 4.79 Å². The van der Waals surface area contributed by atoms with Crippen LogP contribution in [0.5, 0.6) is 0 Å². The van der Waals surface area contributed by atoms with Crippen molar-refractivity contribution in [3.63, 3.8) is 0 Å². The molecule has 0 aromatic rings. The number of nitrogens with two attached hydrogens (primary N) is 1. The minimum atomic E-state index is -0.156. The summed E-state index contributed by atoms with van der Waals surface area (Å²) in [6.07, 6.45) is 10.5. The minimum absolute atomic E-state index is 0.0133. The Morgan fingerprint density at radius 1 is 1.38 bits per heavy atom. The SMILES string of the molecule is C=CC(C1CCCCCC1)C(CC)C(N)=O. The standard InChI is InChI=1S/C14H25NO/c1-3-12(13(4-2)14(15)16)11-9-7-5-6-8-10-11/h3,11-13H,1,4-10H2,2H3,(H2,15,16). The highest BCUT2D eigenvalue weighted by Crippen LogP contribution is 2.34. The van der Waals surface area contributed by atoms with E-state index in [0.29, 0.717) is 11.8 Å². The topological polar surface area (TPSA) is 43.1 Å². The van der Waals surface area contributed by atoms with Crippen LogP contribution in [0.3, 0.4) is 0 Å². The van der Waals surface area contributed by atoms with Crippen LogP contribution in [0.4, 0.5) is 0 Å². The number of allylic oxidation sites excluding steroid dienone is 1. The molecule has 0 spiro atoms. The van der Waals surface area contributed by atoms with E-state index in [-0.39, 0.29) is 11.8 Å². The summed E-state index contributed by atoms with van der Waals surface area (Å²) >= 11 is 0. The molecule has 0 radical (unpaired) electrons. The molecule has 16 heavy (non-hydrogen) atoms. The zero-order valence-corrected chi connectivity index (χ0v) is 10.5. The van der Waals surface area contributed by atoms with Crippen molar-refractivity contribution < 1.29 is 4.79 Å². The molecule has 1 aliphatic rings. The fraction of sp³-hybridized carbons (Fsp3) is 0.786. The third kappa shape index (κ3) is 3.36. The van der Waals surface area contributed by atoms with E-state index in [1.807, 2.05) is 13.0 Å². The largest absolute Gasteiger partial charge is 0.369 e. The van der Waals surface area contributed by atoms with E-state index in [2.05, 4.69) is 6.58 Å². The fourth-order valence-corrected chi connectivity index (χ4v) is 3.04. The van der Waals surface area contributed by atoms with Gasteiger partial charge < -0.3 is 5.73 Å². The molecule has 2 N–H and O–H groups in total.